The van der Waals surface area contributed by atoms with Crippen molar-refractivity contribution in [1.82, 2.24) is 14.0 Å². The van der Waals surface area contributed by atoms with Gasteiger partial charge in [-0.1, -0.05) is 35.6 Å². The molecule has 1 amide bonds. The number of fused-ring (bicyclic) bond motifs is 2. The summed E-state index contributed by atoms with van der Waals surface area (Å²) in [7, 11) is 1.34. The van der Waals surface area contributed by atoms with Crippen LogP contribution in [0.25, 0.3) is 17.0 Å². The Hall–Kier alpha value is -3.76. The molecule has 2 atom stereocenters. The van der Waals surface area contributed by atoms with E-state index in [1.54, 1.807) is 11.5 Å². The lowest BCUT2D eigenvalue weighted by molar-refractivity contribution is -0.137. The van der Waals surface area contributed by atoms with E-state index in [0.717, 1.165) is 47.2 Å². The number of methoxy groups -OCH3 is 1. The first-order chi connectivity index (χ1) is 19.4. The zero-order chi connectivity index (χ0) is 28.0. The van der Waals surface area contributed by atoms with Crippen LogP contribution >= 0.6 is 22.7 Å². The predicted octanol–water partition coefficient (Wildman–Crippen LogP) is 3.83. The van der Waals surface area contributed by atoms with Crippen molar-refractivity contribution >= 4 is 51.5 Å². The number of thiophene rings is 1. The molecular weight excluding hydrogens is 544 g/mol. The number of ether oxygens (including phenoxy) is 1. The van der Waals surface area contributed by atoms with Gasteiger partial charge >= 0.3 is 5.97 Å². The summed E-state index contributed by atoms with van der Waals surface area (Å²) in [6.45, 7) is 4.94. The van der Waals surface area contributed by atoms with Gasteiger partial charge in [-0.15, -0.1) is 11.3 Å². The number of hydrogen-bond acceptors (Lipinski definition) is 7. The third-order valence-corrected chi connectivity index (χ3v) is 9.68. The molecule has 0 aliphatic carbocycles. The Morgan fingerprint density at radius 1 is 1.18 bits per heavy atom. The van der Waals surface area contributed by atoms with Crippen LogP contribution in [0.15, 0.2) is 69.0 Å². The fourth-order valence-corrected chi connectivity index (χ4v) is 7.64. The number of likely N-dealkylation sites (tertiary alicyclic amines) is 1. The van der Waals surface area contributed by atoms with Crippen LogP contribution in [0.1, 0.15) is 49.6 Å². The van der Waals surface area contributed by atoms with Crippen LogP contribution in [-0.2, 0) is 20.9 Å². The topological polar surface area (TPSA) is 85.9 Å². The standard InChI is InChI=1S/C30H30N4O4S2/c1-18-9-6-7-13-33(18)25(35)17-32-16-20(21-10-4-5-11-22(21)32)15-24-28(36)34-27(23-12-8-14-39-23)26(29(37)38-3)19(2)31-30(34)40-24/h4-5,8,10-12,14-16,18,27H,6-7,9,13,17H2,1-3H3/b24-15-/t18-,27-/m0/s1. The van der Waals surface area contributed by atoms with Gasteiger partial charge in [0.25, 0.3) is 5.56 Å². The first kappa shape index (κ1) is 26.5. The number of allylic oxidation sites excluding steroid dienone is 1. The van der Waals surface area contributed by atoms with Crippen LogP contribution in [0.5, 0.6) is 0 Å². The molecule has 0 saturated carbocycles. The van der Waals surface area contributed by atoms with Crippen LogP contribution in [-0.4, -0.2) is 45.6 Å². The van der Waals surface area contributed by atoms with Gasteiger partial charge in [-0.2, -0.15) is 0 Å². The number of benzene rings is 1. The van der Waals surface area contributed by atoms with E-state index in [0.29, 0.717) is 20.6 Å². The molecule has 1 aromatic carbocycles. The van der Waals surface area contributed by atoms with E-state index in [1.165, 1.54) is 29.8 Å². The maximum Gasteiger partial charge on any atom is 0.338 e. The van der Waals surface area contributed by atoms with Crippen molar-refractivity contribution in [3.8, 4) is 0 Å². The molecule has 0 N–H and O–H groups in total. The molecular formula is C30H30N4O4S2. The summed E-state index contributed by atoms with van der Waals surface area (Å²) in [5.74, 6) is -0.384. The number of aromatic nitrogens is 2. The Bertz CT molecular complexity index is 1830. The minimum atomic E-state index is -0.601. The molecule has 4 aromatic rings. The Morgan fingerprint density at radius 2 is 2.00 bits per heavy atom. The van der Waals surface area contributed by atoms with Crippen LogP contribution in [0.2, 0.25) is 0 Å². The molecule has 6 rings (SSSR count). The first-order valence-corrected chi connectivity index (χ1v) is 15.1. The Kier molecular flexibility index (Phi) is 7.06. The highest BCUT2D eigenvalue weighted by Crippen LogP contribution is 2.33. The van der Waals surface area contributed by atoms with Gasteiger partial charge in [-0.3, -0.25) is 14.2 Å². The molecule has 206 valence electrons. The number of esters is 1. The first-order valence-electron chi connectivity index (χ1n) is 13.4. The van der Waals surface area contributed by atoms with Crippen LogP contribution in [0.4, 0.5) is 0 Å². The number of amides is 1. The van der Waals surface area contributed by atoms with Crippen LogP contribution < -0.4 is 14.9 Å². The Labute approximate surface area is 239 Å². The molecule has 5 heterocycles. The third-order valence-electron chi connectivity index (χ3n) is 7.77. The molecule has 1 saturated heterocycles. The predicted molar refractivity (Wildman–Crippen MR) is 157 cm³/mol. The smallest absolute Gasteiger partial charge is 0.338 e. The summed E-state index contributed by atoms with van der Waals surface area (Å²) in [6.07, 6.45) is 7.06. The van der Waals surface area contributed by atoms with E-state index in [2.05, 4.69) is 11.9 Å². The molecule has 0 radical (unpaired) electrons. The van der Waals surface area contributed by atoms with Crippen molar-refractivity contribution in [3.05, 3.63) is 89.4 Å². The highest BCUT2D eigenvalue weighted by Gasteiger charge is 2.33. The van der Waals surface area contributed by atoms with Gasteiger partial charge in [-0.05, 0) is 56.7 Å². The van der Waals surface area contributed by atoms with Crippen molar-refractivity contribution in [1.29, 1.82) is 0 Å². The minimum absolute atomic E-state index is 0.112. The lowest BCUT2D eigenvalue weighted by Crippen LogP contribution is -2.43. The highest BCUT2D eigenvalue weighted by molar-refractivity contribution is 7.10. The lowest BCUT2D eigenvalue weighted by atomic mass is 10.0. The second-order valence-electron chi connectivity index (χ2n) is 10.3. The van der Waals surface area contributed by atoms with Crippen molar-refractivity contribution in [2.24, 2.45) is 4.99 Å². The molecule has 8 nitrogen and oxygen atoms in total. The SMILES string of the molecule is COC(=O)C1=C(C)N=c2s/c(=C\c3cn(CC(=O)N4CCCC[C@@H]4C)c4ccccc34)c(=O)n2[C@H]1c1cccs1. The molecule has 0 bridgehead atoms. The molecule has 0 spiro atoms. The van der Waals surface area contributed by atoms with Gasteiger partial charge in [0, 0.05) is 40.1 Å². The minimum Gasteiger partial charge on any atom is -0.466 e. The quantitative estimate of drug-likeness (QED) is 0.339. The van der Waals surface area contributed by atoms with Gasteiger partial charge in [0.05, 0.1) is 22.9 Å². The summed E-state index contributed by atoms with van der Waals surface area (Å²) in [5.41, 5.74) is 2.49. The van der Waals surface area contributed by atoms with Gasteiger partial charge in [-0.25, -0.2) is 9.79 Å². The number of rotatable bonds is 5. The van der Waals surface area contributed by atoms with Crippen molar-refractivity contribution < 1.29 is 14.3 Å². The molecule has 1 fully saturated rings. The average Bonchev–Trinajstić information content (AvgIpc) is 3.67. The summed E-state index contributed by atoms with van der Waals surface area (Å²) >= 11 is 2.78. The van der Waals surface area contributed by atoms with Crippen LogP contribution in [0, 0.1) is 0 Å². The zero-order valence-corrected chi connectivity index (χ0v) is 24.3. The number of para-hydroxylation sites is 1. The van der Waals surface area contributed by atoms with Crippen molar-refractivity contribution in [2.45, 2.75) is 51.7 Å². The summed E-state index contributed by atoms with van der Waals surface area (Å²) < 4.78 is 9.17. The Balaban J connectivity index is 1.45. The number of carbonyl (C=O) groups is 2. The number of carbonyl (C=O) groups excluding carboxylic acids is 2. The zero-order valence-electron chi connectivity index (χ0n) is 22.6. The number of hydrogen-bond donors (Lipinski definition) is 0. The van der Waals surface area contributed by atoms with Gasteiger partial charge in [0.15, 0.2) is 4.80 Å². The van der Waals surface area contributed by atoms with E-state index in [9.17, 15) is 14.4 Å². The molecule has 0 unspecified atom stereocenters. The summed E-state index contributed by atoms with van der Waals surface area (Å²) in [4.78, 5) is 48.0. The fraction of sp³-hybridized carbons (Fsp3) is 0.333. The average molecular weight is 575 g/mol. The van der Waals surface area contributed by atoms with Gasteiger partial charge < -0.3 is 14.2 Å². The largest absolute Gasteiger partial charge is 0.466 e. The normalized spacial score (nSPS) is 19.6. The number of piperidine rings is 1. The van der Waals surface area contributed by atoms with E-state index in [1.807, 2.05) is 63.5 Å². The highest BCUT2D eigenvalue weighted by atomic mass is 32.1. The van der Waals surface area contributed by atoms with Crippen molar-refractivity contribution in [3.63, 3.8) is 0 Å². The second-order valence-corrected chi connectivity index (χ2v) is 12.2. The fourth-order valence-electron chi connectivity index (χ4n) is 5.78. The molecule has 2 aliphatic rings. The van der Waals surface area contributed by atoms with E-state index in [4.69, 9.17) is 4.74 Å². The molecule has 3 aromatic heterocycles. The van der Waals surface area contributed by atoms with E-state index < -0.39 is 12.0 Å². The van der Waals surface area contributed by atoms with Crippen LogP contribution in [0.3, 0.4) is 0 Å². The van der Waals surface area contributed by atoms with E-state index >= 15 is 0 Å². The van der Waals surface area contributed by atoms with E-state index in [-0.39, 0.29) is 24.1 Å². The number of nitrogens with zero attached hydrogens (tertiary/aromatic N) is 4. The monoisotopic (exact) mass is 574 g/mol. The summed E-state index contributed by atoms with van der Waals surface area (Å²) in [5, 5.41) is 2.89. The third kappa shape index (κ3) is 4.54. The number of thiazole rings is 1. The van der Waals surface area contributed by atoms with Crippen molar-refractivity contribution in [2.75, 3.05) is 13.7 Å². The van der Waals surface area contributed by atoms with Gasteiger partial charge in [0.1, 0.15) is 12.6 Å². The molecule has 40 heavy (non-hydrogen) atoms. The lowest BCUT2D eigenvalue weighted by Gasteiger charge is -2.33. The maximum atomic E-state index is 13.9. The molecule has 10 heteroatoms. The maximum absolute atomic E-state index is 13.9. The van der Waals surface area contributed by atoms with Gasteiger partial charge in [0.2, 0.25) is 5.91 Å². The Morgan fingerprint density at radius 3 is 2.75 bits per heavy atom. The summed E-state index contributed by atoms with van der Waals surface area (Å²) in [6, 6.07) is 11.4. The molecule has 2 aliphatic heterocycles. The second kappa shape index (κ2) is 10.7.